The van der Waals surface area contributed by atoms with Gasteiger partial charge in [-0.25, -0.2) is 0 Å². The first-order valence-corrected chi connectivity index (χ1v) is 23.5. The molecular weight excluding hydrogens is 759 g/mol. The van der Waals surface area contributed by atoms with Crippen LogP contribution in [0.15, 0.2) is 65.2 Å². The monoisotopic (exact) mass is 817 g/mol. The SMILES string of the molecule is NC1=C2CSSC[C@H](CO)[C@@H](O)[C@@H](Oc3cc4c(cc3O)CCC3=C[C@@H]5C#C[C@]6(CCO)CCC[C@@H](CC6)[C@H](O)[C@H]5[C@H](O)C[C@@H]34)C[C@H](Cc3ccc[nH]3)C2=CCN1. The van der Waals surface area contributed by atoms with Crippen LogP contribution in [0.4, 0.5) is 0 Å². The summed E-state index contributed by atoms with van der Waals surface area (Å²) in [6.07, 6.45) is 11.0. The zero-order valence-corrected chi connectivity index (χ0v) is 34.2. The van der Waals surface area contributed by atoms with E-state index in [0.717, 1.165) is 66.5 Å². The highest BCUT2D eigenvalue weighted by Gasteiger charge is 2.45. The first kappa shape index (κ1) is 40.7. The van der Waals surface area contributed by atoms with Gasteiger partial charge in [0.2, 0.25) is 0 Å². The number of ether oxygens (including phenoxy) is 1. The van der Waals surface area contributed by atoms with Crippen LogP contribution >= 0.6 is 21.6 Å². The number of aryl methyl sites for hydroxylation is 1. The third-order valence-electron chi connectivity index (χ3n) is 14.0. The van der Waals surface area contributed by atoms with Crippen LogP contribution in [0, 0.1) is 46.8 Å². The molecule has 0 unspecified atom stereocenters. The van der Waals surface area contributed by atoms with Crippen LogP contribution in [0.1, 0.15) is 80.5 Å². The molecule has 3 heterocycles. The Hall–Kier alpha value is -3.02. The molecule has 8 rings (SSSR count). The number of allylic oxidation sites excluding steroid dienone is 3. The predicted octanol–water partition coefficient (Wildman–Crippen LogP) is 5.06. The normalized spacial score (nSPS) is 35.6. The van der Waals surface area contributed by atoms with E-state index < -0.39 is 36.3 Å². The van der Waals surface area contributed by atoms with Gasteiger partial charge in [0, 0.05) is 77.8 Å². The molecule has 11 atom stereocenters. The first-order valence-electron chi connectivity index (χ1n) is 21.0. The zero-order valence-electron chi connectivity index (χ0n) is 32.6. The Morgan fingerprint density at radius 1 is 1.04 bits per heavy atom. The molecule has 1 aromatic carbocycles. The lowest BCUT2D eigenvalue weighted by Crippen LogP contribution is -2.42. The summed E-state index contributed by atoms with van der Waals surface area (Å²) in [7, 11) is 3.26. The van der Waals surface area contributed by atoms with E-state index in [0.29, 0.717) is 56.0 Å². The number of hydrogen-bond donors (Lipinski definition) is 9. The van der Waals surface area contributed by atoms with E-state index in [4.69, 9.17) is 10.5 Å². The molecule has 57 heavy (non-hydrogen) atoms. The van der Waals surface area contributed by atoms with Crippen molar-refractivity contribution < 1.29 is 35.4 Å². The minimum absolute atomic E-state index is 0.00480. The van der Waals surface area contributed by atoms with Crippen LogP contribution in [0.2, 0.25) is 0 Å². The average molecular weight is 818 g/mol. The maximum Gasteiger partial charge on any atom is 0.161 e. The van der Waals surface area contributed by atoms with Gasteiger partial charge in [0.25, 0.3) is 0 Å². The number of aromatic amines is 1. The molecule has 1 saturated heterocycles. The van der Waals surface area contributed by atoms with Crippen LogP contribution in [0.25, 0.3) is 0 Å². The number of nitrogens with one attached hydrogen (secondary N) is 2. The Balaban J connectivity index is 1.14. The van der Waals surface area contributed by atoms with Crippen molar-refractivity contribution in [2.75, 3.05) is 31.3 Å². The van der Waals surface area contributed by atoms with Crippen LogP contribution in [0.3, 0.4) is 0 Å². The minimum Gasteiger partial charge on any atom is -0.504 e. The maximum absolute atomic E-state index is 12.1. The molecule has 10 nitrogen and oxygen atoms in total. The Kier molecular flexibility index (Phi) is 12.6. The van der Waals surface area contributed by atoms with Crippen molar-refractivity contribution in [1.29, 1.82) is 0 Å². The Bertz CT molecular complexity index is 1900. The van der Waals surface area contributed by atoms with Crippen LogP contribution < -0.4 is 15.8 Å². The largest absolute Gasteiger partial charge is 0.504 e. The van der Waals surface area contributed by atoms with Gasteiger partial charge in [-0.3, -0.25) is 0 Å². The van der Waals surface area contributed by atoms with Gasteiger partial charge in [-0.05, 0) is 117 Å². The van der Waals surface area contributed by atoms with E-state index in [2.05, 4.69) is 40.4 Å². The van der Waals surface area contributed by atoms with Crippen molar-refractivity contribution in [3.8, 4) is 23.3 Å². The highest BCUT2D eigenvalue weighted by Crippen LogP contribution is 2.50. The third-order valence-corrected chi connectivity index (χ3v) is 16.4. The summed E-state index contributed by atoms with van der Waals surface area (Å²) in [5, 5.41) is 71.5. The van der Waals surface area contributed by atoms with Crippen LogP contribution in [-0.2, 0) is 12.8 Å². The molecule has 2 aromatic rings. The van der Waals surface area contributed by atoms with E-state index in [1.165, 1.54) is 5.57 Å². The fraction of sp³-hybridized carbons (Fsp3) is 0.600. The standard InChI is InChI=1S/C45H59N3O7S2/c46-44-36-25-57-56-24-31(23-50)42(53)40(20-30(33(36)9-15-48-44)18-32-4-2-14-47-32)55-39-22-35-28(19-37(39)51)6-5-27-17-29-8-12-45(13-16-49)10-1-3-26(7-11-45)43(54)41(29)38(52)21-34(27)35/h2,4,9,14,17,19,22,26,29-31,34,38,40-43,47-54H,1,3,5-7,10-11,13,15-16,18,20-21,23-25,46H2/t26-,29-,30-,31-,34-,38+,40-,41+,42+,43-,45-/m0/s1. The predicted molar refractivity (Wildman–Crippen MR) is 225 cm³/mol. The number of aromatic hydroxyl groups is 1. The quantitative estimate of drug-likeness (QED) is 0.103. The summed E-state index contributed by atoms with van der Waals surface area (Å²) in [5.74, 6) is 7.90. The fourth-order valence-corrected chi connectivity index (χ4v) is 13.3. The van der Waals surface area contributed by atoms with E-state index in [-0.39, 0.29) is 53.8 Å². The summed E-state index contributed by atoms with van der Waals surface area (Å²) >= 11 is 0. The molecule has 308 valence electrons. The minimum atomic E-state index is -1.03. The molecule has 1 saturated carbocycles. The van der Waals surface area contributed by atoms with Crippen molar-refractivity contribution in [3.05, 3.63) is 82.0 Å². The zero-order chi connectivity index (χ0) is 39.7. The number of nitrogens with two attached hydrogens (primary N) is 1. The van der Waals surface area contributed by atoms with Gasteiger partial charge in [0.15, 0.2) is 11.5 Å². The fourth-order valence-electron chi connectivity index (χ4n) is 10.7. The number of phenols is 1. The van der Waals surface area contributed by atoms with Crippen LogP contribution in [-0.4, -0.2) is 91.3 Å². The van der Waals surface area contributed by atoms with Gasteiger partial charge in [0.05, 0.1) is 18.3 Å². The second-order valence-corrected chi connectivity index (χ2v) is 19.8. The van der Waals surface area contributed by atoms with E-state index in [1.54, 1.807) is 27.7 Å². The van der Waals surface area contributed by atoms with Gasteiger partial charge in [-0.15, -0.1) is 0 Å². The number of phenolic OH excluding ortho intramolecular Hbond substituents is 1. The summed E-state index contributed by atoms with van der Waals surface area (Å²) in [6.45, 7) is 0.469. The summed E-state index contributed by atoms with van der Waals surface area (Å²) in [6, 6.07) is 7.72. The van der Waals surface area contributed by atoms with Gasteiger partial charge in [-0.1, -0.05) is 57.6 Å². The van der Waals surface area contributed by atoms with Crippen molar-refractivity contribution >= 4 is 21.6 Å². The molecule has 4 aliphatic carbocycles. The number of rotatable bonds is 7. The second-order valence-electron chi connectivity index (χ2n) is 17.3. The molecule has 6 aliphatic rings. The molecular formula is C45H59N3O7S2. The van der Waals surface area contributed by atoms with E-state index in [1.807, 2.05) is 18.3 Å². The number of aliphatic hydroxyl groups excluding tert-OH is 5. The smallest absolute Gasteiger partial charge is 0.161 e. The van der Waals surface area contributed by atoms with Gasteiger partial charge in [0.1, 0.15) is 11.9 Å². The number of fused-ring (bicyclic) bond motifs is 8. The van der Waals surface area contributed by atoms with Gasteiger partial charge < -0.3 is 51.4 Å². The average Bonchev–Trinajstić information content (AvgIpc) is 3.57. The first-order chi connectivity index (χ1) is 27.7. The summed E-state index contributed by atoms with van der Waals surface area (Å²) in [5.41, 5.74) is 12.7. The lowest BCUT2D eigenvalue weighted by Gasteiger charge is -2.35. The highest BCUT2D eigenvalue weighted by atomic mass is 33.1. The van der Waals surface area contributed by atoms with Gasteiger partial charge in [-0.2, -0.15) is 0 Å². The maximum atomic E-state index is 12.1. The molecule has 0 spiro atoms. The van der Waals surface area contributed by atoms with Gasteiger partial charge >= 0.3 is 0 Å². The van der Waals surface area contributed by atoms with E-state index in [9.17, 15) is 30.6 Å². The third kappa shape index (κ3) is 8.54. The number of benzene rings is 1. The van der Waals surface area contributed by atoms with Crippen molar-refractivity contribution in [2.24, 2.45) is 40.7 Å². The summed E-state index contributed by atoms with van der Waals surface area (Å²) < 4.78 is 6.81. The molecule has 10 N–H and O–H groups in total. The second kappa shape index (κ2) is 17.7. The Morgan fingerprint density at radius 2 is 1.91 bits per heavy atom. The molecule has 0 radical (unpaired) electrons. The number of hydrogen-bond acceptors (Lipinski definition) is 11. The Labute approximate surface area is 344 Å². The number of H-pyrrole nitrogens is 1. The highest BCUT2D eigenvalue weighted by molar-refractivity contribution is 8.76. The number of dihydropyridines is 1. The molecule has 2 bridgehead atoms. The molecule has 1 aromatic heterocycles. The lowest BCUT2D eigenvalue weighted by atomic mass is 9.75. The number of aliphatic hydroxyl groups is 5. The topological polar surface area (TPSA) is 184 Å². The molecule has 12 heteroatoms. The van der Waals surface area contributed by atoms with E-state index >= 15 is 0 Å². The number of aromatic nitrogens is 1. The van der Waals surface area contributed by atoms with Crippen LogP contribution in [0.5, 0.6) is 11.5 Å². The summed E-state index contributed by atoms with van der Waals surface area (Å²) in [4.78, 5) is 3.35. The molecule has 2 fully saturated rings. The molecule has 2 aliphatic heterocycles. The Morgan fingerprint density at radius 3 is 2.72 bits per heavy atom. The molecule has 0 amide bonds. The van der Waals surface area contributed by atoms with Crippen molar-refractivity contribution in [1.82, 2.24) is 10.3 Å². The van der Waals surface area contributed by atoms with Crippen molar-refractivity contribution in [2.45, 2.75) is 101 Å². The van der Waals surface area contributed by atoms with Crippen molar-refractivity contribution in [3.63, 3.8) is 0 Å². The lowest BCUT2D eigenvalue weighted by molar-refractivity contribution is -0.0345.